The maximum atomic E-state index is 14.9. The summed E-state index contributed by atoms with van der Waals surface area (Å²) in [6, 6.07) is 17.7. The third-order valence-corrected chi connectivity index (χ3v) is 11.1. The number of carboxylic acids is 1. The van der Waals surface area contributed by atoms with Gasteiger partial charge in [0.1, 0.15) is 61.7 Å². The van der Waals surface area contributed by atoms with Gasteiger partial charge in [0.05, 0.1) is 17.8 Å². The van der Waals surface area contributed by atoms with Crippen molar-refractivity contribution in [3.63, 3.8) is 0 Å². The average molecular weight is 802 g/mol. The number of hydrogen-bond donors (Lipinski definition) is 2. The minimum absolute atomic E-state index is 0.0144. The molecular weight excluding hydrogens is 753 g/mol. The van der Waals surface area contributed by atoms with E-state index in [1.807, 2.05) is 55.5 Å². The van der Waals surface area contributed by atoms with Crippen LogP contribution in [-0.2, 0) is 32.1 Å². The maximum absolute atomic E-state index is 14.9. The van der Waals surface area contributed by atoms with Crippen molar-refractivity contribution in [1.29, 1.82) is 0 Å². The van der Waals surface area contributed by atoms with Gasteiger partial charge in [-0.15, -0.1) is 0 Å². The largest absolute Gasteiger partial charge is 0.491 e. The van der Waals surface area contributed by atoms with E-state index >= 15 is 0 Å². The maximum Gasteiger partial charge on any atom is 0.350 e. The second-order valence-corrected chi connectivity index (χ2v) is 15.4. The van der Waals surface area contributed by atoms with E-state index < -0.39 is 41.1 Å². The van der Waals surface area contributed by atoms with Crippen molar-refractivity contribution in [1.82, 2.24) is 29.1 Å². The van der Waals surface area contributed by atoms with Crippen molar-refractivity contribution in [2.75, 3.05) is 49.2 Å². The van der Waals surface area contributed by atoms with Gasteiger partial charge in [0.2, 0.25) is 5.79 Å². The number of nitrogens with two attached hydrogens (primary N) is 1. The van der Waals surface area contributed by atoms with Crippen molar-refractivity contribution in [2.24, 2.45) is 11.7 Å². The lowest BCUT2D eigenvalue weighted by atomic mass is 9.83. The summed E-state index contributed by atoms with van der Waals surface area (Å²) in [5.41, 5.74) is 7.55. The minimum atomic E-state index is -1.53. The van der Waals surface area contributed by atoms with Gasteiger partial charge in [-0.1, -0.05) is 20.3 Å². The Morgan fingerprint density at radius 3 is 2.24 bits per heavy atom. The second-order valence-electron chi connectivity index (χ2n) is 15.4. The van der Waals surface area contributed by atoms with Crippen LogP contribution in [0.2, 0.25) is 0 Å². The van der Waals surface area contributed by atoms with Crippen LogP contribution in [0.25, 0.3) is 5.69 Å². The van der Waals surface area contributed by atoms with E-state index in [0.29, 0.717) is 17.9 Å². The number of anilines is 2. The quantitative estimate of drug-likeness (QED) is 0.143. The number of halogens is 2. The zero-order valence-corrected chi connectivity index (χ0v) is 32.8. The van der Waals surface area contributed by atoms with E-state index in [9.17, 15) is 23.5 Å². The molecule has 2 aliphatic rings. The Morgan fingerprint density at radius 2 is 1.64 bits per heavy atom. The molecule has 0 spiro atoms. The molecule has 4 unspecified atom stereocenters. The summed E-state index contributed by atoms with van der Waals surface area (Å²) in [5.74, 6) is -3.25. The van der Waals surface area contributed by atoms with E-state index in [-0.39, 0.29) is 43.4 Å². The number of piperazine rings is 1. The Bertz CT molecular complexity index is 2210. The Hall–Kier alpha value is -5.65. The van der Waals surface area contributed by atoms with Gasteiger partial charge in [-0.25, -0.2) is 32.5 Å². The molecular formula is C41H49F2N9O6. The number of rotatable bonds is 16. The van der Waals surface area contributed by atoms with Crippen molar-refractivity contribution < 1.29 is 32.9 Å². The summed E-state index contributed by atoms with van der Waals surface area (Å²) in [4.78, 5) is 33.8. The van der Waals surface area contributed by atoms with Crippen LogP contribution in [0.5, 0.6) is 5.75 Å². The fourth-order valence-electron chi connectivity index (χ4n) is 7.84. The van der Waals surface area contributed by atoms with Crippen LogP contribution in [0.3, 0.4) is 0 Å². The zero-order valence-electron chi connectivity index (χ0n) is 32.8. The molecule has 0 saturated carbocycles. The number of carbonyl (C=O) groups is 1. The standard InChI is InChI=1S/C41H49F2N9O6/c1-4-28(2)20-40(3,21-37(44)38(53)54)52-39(55)51(27-47-52)32-8-6-30(7-9-32)48-15-17-49(18-16-48)31-10-12-33(13-11-31)56-22-34-23-57-41(58-34,24-50-26-45-25-46-50)35-14-5-29(42)19-36(35)43/h5-14,19,25-28,34,37H,4,15-18,20-24,44H2,1-3H3,(H,53,54)/t28?,34?,37-,40?,41?/m0/s1. The molecule has 308 valence electrons. The Kier molecular flexibility index (Phi) is 11.9. The van der Waals surface area contributed by atoms with Crippen LogP contribution in [0.1, 0.15) is 45.6 Å². The summed E-state index contributed by atoms with van der Waals surface area (Å²) in [6.07, 6.45) is 5.30. The highest BCUT2D eigenvalue weighted by atomic mass is 19.1. The first-order valence-corrected chi connectivity index (χ1v) is 19.4. The first-order valence-electron chi connectivity index (χ1n) is 19.4. The molecule has 4 heterocycles. The Morgan fingerprint density at radius 1 is 0.983 bits per heavy atom. The number of ether oxygens (including phenoxy) is 3. The highest BCUT2D eigenvalue weighted by Gasteiger charge is 2.46. The Balaban J connectivity index is 0.931. The van der Waals surface area contributed by atoms with E-state index in [4.69, 9.17) is 19.9 Å². The molecule has 2 saturated heterocycles. The van der Waals surface area contributed by atoms with Gasteiger partial charge in [-0.05, 0) is 86.3 Å². The van der Waals surface area contributed by atoms with E-state index in [0.717, 1.165) is 56.1 Å². The molecule has 58 heavy (non-hydrogen) atoms. The van der Waals surface area contributed by atoms with Gasteiger partial charge in [-0.2, -0.15) is 10.2 Å². The lowest BCUT2D eigenvalue weighted by molar-refractivity contribution is -0.192. The molecule has 7 rings (SSSR count). The van der Waals surface area contributed by atoms with Crippen LogP contribution in [-0.4, -0.2) is 91.7 Å². The number of aromatic nitrogens is 6. The molecule has 0 radical (unpaired) electrons. The lowest BCUT2D eigenvalue weighted by Gasteiger charge is -2.37. The van der Waals surface area contributed by atoms with Crippen molar-refractivity contribution in [3.8, 4) is 11.4 Å². The van der Waals surface area contributed by atoms with Gasteiger partial charge in [0, 0.05) is 49.2 Å². The minimum Gasteiger partial charge on any atom is -0.491 e. The fraction of sp³-hybridized carbons (Fsp3) is 0.439. The van der Waals surface area contributed by atoms with Crippen LogP contribution in [0, 0.1) is 17.6 Å². The average Bonchev–Trinajstić information content (AvgIpc) is 3.98. The zero-order chi connectivity index (χ0) is 41.0. The van der Waals surface area contributed by atoms with Crippen LogP contribution in [0.15, 0.2) is 90.5 Å². The van der Waals surface area contributed by atoms with Crippen LogP contribution < -0.4 is 26.0 Å². The topological polar surface area (TPSA) is 168 Å². The molecule has 3 N–H and O–H groups in total. The molecule has 17 heteroatoms. The van der Waals surface area contributed by atoms with Gasteiger partial charge >= 0.3 is 11.7 Å². The number of nitrogens with zero attached hydrogens (tertiary/aromatic N) is 8. The van der Waals surface area contributed by atoms with Crippen LogP contribution in [0.4, 0.5) is 20.2 Å². The second kappa shape index (κ2) is 17.1. The molecule has 0 aliphatic carbocycles. The van der Waals surface area contributed by atoms with E-state index in [1.54, 1.807) is 0 Å². The molecule has 2 fully saturated rings. The Labute approximate surface area is 334 Å². The van der Waals surface area contributed by atoms with Crippen molar-refractivity contribution in [2.45, 2.75) is 70.1 Å². The predicted octanol–water partition coefficient (Wildman–Crippen LogP) is 4.53. The molecule has 15 nitrogen and oxygen atoms in total. The monoisotopic (exact) mass is 801 g/mol. The number of aliphatic carboxylic acids is 1. The van der Waals surface area contributed by atoms with Gasteiger partial charge in [-0.3, -0.25) is 4.79 Å². The first-order chi connectivity index (χ1) is 27.9. The van der Waals surface area contributed by atoms with Gasteiger partial charge < -0.3 is 34.9 Å². The van der Waals surface area contributed by atoms with Gasteiger partial charge in [0.15, 0.2) is 0 Å². The molecule has 2 aromatic heterocycles. The number of benzene rings is 3. The predicted molar refractivity (Wildman–Crippen MR) is 211 cm³/mol. The fourth-order valence-corrected chi connectivity index (χ4v) is 7.84. The summed E-state index contributed by atoms with van der Waals surface area (Å²) in [6.45, 7) is 9.44. The summed E-state index contributed by atoms with van der Waals surface area (Å²) in [5, 5.41) is 18.0. The smallest absolute Gasteiger partial charge is 0.350 e. The van der Waals surface area contributed by atoms with Gasteiger partial charge in [0.25, 0.3) is 0 Å². The molecule has 0 bridgehead atoms. The molecule has 5 atom stereocenters. The lowest BCUT2D eigenvalue weighted by Crippen LogP contribution is -2.47. The summed E-state index contributed by atoms with van der Waals surface area (Å²) >= 11 is 0. The number of hydrogen-bond acceptors (Lipinski definition) is 11. The van der Waals surface area contributed by atoms with Crippen molar-refractivity contribution >= 4 is 17.3 Å². The van der Waals surface area contributed by atoms with Crippen LogP contribution >= 0.6 is 0 Å². The van der Waals surface area contributed by atoms with E-state index in [1.165, 1.54) is 39.0 Å². The molecule has 5 aromatic rings. The molecule has 0 amide bonds. The van der Waals surface area contributed by atoms with E-state index in [2.05, 4.69) is 38.8 Å². The SMILES string of the molecule is CCC(C)CC(C)(C[C@H](N)C(=O)O)n1ncn(-c2ccc(N3CCN(c4ccc(OCC5COC(Cn6cncn6)(c6ccc(F)cc6F)O5)cc4)CC3)cc2)c1=O. The number of carboxylic acid groups (broad SMARTS) is 1. The summed E-state index contributed by atoms with van der Waals surface area (Å²) in [7, 11) is 0. The highest BCUT2D eigenvalue weighted by Crippen LogP contribution is 2.38. The first kappa shape index (κ1) is 40.5. The highest BCUT2D eigenvalue weighted by molar-refractivity contribution is 5.73. The normalized spacial score (nSPS) is 20.5. The van der Waals surface area contributed by atoms with Crippen molar-refractivity contribution in [3.05, 3.63) is 113 Å². The molecule has 2 aliphatic heterocycles. The molecule has 3 aromatic carbocycles. The summed E-state index contributed by atoms with van der Waals surface area (Å²) < 4.78 is 51.3. The third kappa shape index (κ3) is 8.75. The third-order valence-electron chi connectivity index (χ3n) is 11.1.